The molecule has 1 aromatic heterocycles. The second kappa shape index (κ2) is 5.45. The molecule has 0 fully saturated rings. The van der Waals surface area contributed by atoms with E-state index in [1.54, 1.807) is 0 Å². The summed E-state index contributed by atoms with van der Waals surface area (Å²) in [6, 6.07) is 0. The number of rotatable bonds is 5. The zero-order valence-electron chi connectivity index (χ0n) is 9.58. The van der Waals surface area contributed by atoms with E-state index >= 15 is 0 Å². The highest BCUT2D eigenvalue weighted by Gasteiger charge is 2.09. The fourth-order valence-corrected chi connectivity index (χ4v) is 1.66. The van der Waals surface area contributed by atoms with Crippen molar-refractivity contribution in [2.45, 2.75) is 46.1 Å². The number of imidazole rings is 1. The molecule has 15 heavy (non-hydrogen) atoms. The van der Waals surface area contributed by atoms with E-state index in [-0.39, 0.29) is 0 Å². The molecule has 1 heterocycles. The Morgan fingerprint density at radius 3 is 2.80 bits per heavy atom. The Morgan fingerprint density at radius 2 is 2.20 bits per heavy atom. The van der Waals surface area contributed by atoms with Crippen LogP contribution >= 0.6 is 0 Å². The first kappa shape index (κ1) is 11.6. The smallest absolute Gasteiger partial charge is 0.127 e. The SMILES string of the molecule is C#CCn1c(C)nc(CCCCC)c1N. The number of aryl methyl sites for hydroxylation is 2. The average Bonchev–Trinajstić information content (AvgIpc) is 2.47. The number of nitrogens with zero attached hydrogens (tertiary/aromatic N) is 2. The van der Waals surface area contributed by atoms with Gasteiger partial charge in [-0.3, -0.25) is 0 Å². The molecule has 1 rings (SSSR count). The lowest BCUT2D eigenvalue weighted by atomic mass is 10.1. The molecule has 0 aliphatic carbocycles. The predicted molar refractivity (Wildman–Crippen MR) is 63.4 cm³/mol. The fourth-order valence-electron chi connectivity index (χ4n) is 1.66. The van der Waals surface area contributed by atoms with Crippen LogP contribution in [0.25, 0.3) is 0 Å². The van der Waals surface area contributed by atoms with Crippen molar-refractivity contribution in [1.29, 1.82) is 0 Å². The van der Waals surface area contributed by atoms with Crippen molar-refractivity contribution in [1.82, 2.24) is 9.55 Å². The topological polar surface area (TPSA) is 43.8 Å². The Morgan fingerprint density at radius 1 is 1.47 bits per heavy atom. The third kappa shape index (κ3) is 2.76. The highest BCUT2D eigenvalue weighted by atomic mass is 15.1. The fraction of sp³-hybridized carbons (Fsp3) is 0.583. The molecule has 0 radical (unpaired) electrons. The summed E-state index contributed by atoms with van der Waals surface area (Å²) in [4.78, 5) is 4.44. The van der Waals surface area contributed by atoms with E-state index in [2.05, 4.69) is 17.8 Å². The van der Waals surface area contributed by atoms with E-state index in [4.69, 9.17) is 12.2 Å². The quantitative estimate of drug-likeness (QED) is 0.591. The summed E-state index contributed by atoms with van der Waals surface area (Å²) in [5.74, 6) is 4.24. The van der Waals surface area contributed by atoms with Gasteiger partial charge in [-0.1, -0.05) is 25.7 Å². The van der Waals surface area contributed by atoms with Crippen LogP contribution in [0.15, 0.2) is 0 Å². The summed E-state index contributed by atoms with van der Waals surface area (Å²) < 4.78 is 1.89. The van der Waals surface area contributed by atoms with Crippen molar-refractivity contribution in [3.05, 3.63) is 11.5 Å². The number of unbranched alkanes of at least 4 members (excludes halogenated alkanes) is 2. The van der Waals surface area contributed by atoms with E-state index in [9.17, 15) is 0 Å². The van der Waals surface area contributed by atoms with Gasteiger partial charge in [-0.05, 0) is 19.8 Å². The number of nitrogens with two attached hydrogens (primary N) is 1. The Labute approximate surface area is 91.7 Å². The second-order valence-electron chi connectivity index (χ2n) is 3.74. The largest absolute Gasteiger partial charge is 0.384 e. The van der Waals surface area contributed by atoms with Gasteiger partial charge in [0.2, 0.25) is 0 Å². The summed E-state index contributed by atoms with van der Waals surface area (Å²) in [5, 5.41) is 0. The molecular weight excluding hydrogens is 186 g/mol. The van der Waals surface area contributed by atoms with Gasteiger partial charge in [-0.25, -0.2) is 4.98 Å². The van der Waals surface area contributed by atoms with E-state index in [1.165, 1.54) is 12.8 Å². The zero-order valence-corrected chi connectivity index (χ0v) is 9.58. The Bertz CT molecular complexity index is 358. The van der Waals surface area contributed by atoms with E-state index < -0.39 is 0 Å². The zero-order chi connectivity index (χ0) is 11.3. The van der Waals surface area contributed by atoms with Crippen molar-refractivity contribution in [2.24, 2.45) is 0 Å². The van der Waals surface area contributed by atoms with Gasteiger partial charge in [0.15, 0.2) is 0 Å². The van der Waals surface area contributed by atoms with Gasteiger partial charge in [-0.15, -0.1) is 6.42 Å². The lowest BCUT2D eigenvalue weighted by molar-refractivity contribution is 0.709. The molecule has 0 aliphatic rings. The van der Waals surface area contributed by atoms with Gasteiger partial charge < -0.3 is 10.3 Å². The Balaban J connectivity index is 2.73. The summed E-state index contributed by atoms with van der Waals surface area (Å²) in [5.41, 5.74) is 6.97. The molecule has 82 valence electrons. The second-order valence-corrected chi connectivity index (χ2v) is 3.74. The van der Waals surface area contributed by atoms with Crippen LogP contribution in [0.3, 0.4) is 0 Å². The minimum atomic E-state index is 0.512. The Hall–Kier alpha value is -1.43. The highest BCUT2D eigenvalue weighted by Crippen LogP contribution is 2.16. The van der Waals surface area contributed by atoms with Crippen LogP contribution < -0.4 is 5.73 Å². The molecule has 2 N–H and O–H groups in total. The van der Waals surface area contributed by atoms with Gasteiger partial charge in [0.05, 0.1) is 12.2 Å². The van der Waals surface area contributed by atoms with Gasteiger partial charge in [0, 0.05) is 0 Å². The summed E-state index contributed by atoms with van der Waals surface area (Å²) in [6.45, 7) is 4.64. The molecule has 0 unspecified atom stereocenters. The molecule has 3 heteroatoms. The van der Waals surface area contributed by atoms with Crippen LogP contribution in [0.2, 0.25) is 0 Å². The molecule has 3 nitrogen and oxygen atoms in total. The van der Waals surface area contributed by atoms with Crippen molar-refractivity contribution in [3.8, 4) is 12.3 Å². The minimum Gasteiger partial charge on any atom is -0.384 e. The third-order valence-electron chi connectivity index (χ3n) is 2.54. The minimum absolute atomic E-state index is 0.512. The van der Waals surface area contributed by atoms with Gasteiger partial charge in [0.1, 0.15) is 11.6 Å². The monoisotopic (exact) mass is 205 g/mol. The number of hydrogen-bond donors (Lipinski definition) is 1. The molecule has 0 bridgehead atoms. The molecule has 1 aromatic rings. The molecule has 0 aliphatic heterocycles. The maximum atomic E-state index is 5.98. The first-order chi connectivity index (χ1) is 7.20. The lowest BCUT2D eigenvalue weighted by Crippen LogP contribution is -2.04. The normalized spacial score (nSPS) is 10.2. The van der Waals surface area contributed by atoms with Crippen LogP contribution in [0.4, 0.5) is 5.82 Å². The van der Waals surface area contributed by atoms with Gasteiger partial charge in [-0.2, -0.15) is 0 Å². The van der Waals surface area contributed by atoms with E-state index in [0.29, 0.717) is 6.54 Å². The van der Waals surface area contributed by atoms with Crippen LogP contribution in [0.5, 0.6) is 0 Å². The van der Waals surface area contributed by atoms with Crippen LogP contribution in [0, 0.1) is 19.3 Å². The van der Waals surface area contributed by atoms with Crippen LogP contribution in [-0.2, 0) is 13.0 Å². The number of anilines is 1. The highest BCUT2D eigenvalue weighted by molar-refractivity contribution is 5.38. The number of hydrogen-bond acceptors (Lipinski definition) is 2. The van der Waals surface area contributed by atoms with E-state index in [0.717, 1.165) is 30.2 Å². The van der Waals surface area contributed by atoms with Crippen molar-refractivity contribution in [2.75, 3.05) is 5.73 Å². The van der Waals surface area contributed by atoms with E-state index in [1.807, 2.05) is 11.5 Å². The van der Waals surface area contributed by atoms with Crippen molar-refractivity contribution < 1.29 is 0 Å². The van der Waals surface area contributed by atoms with Gasteiger partial charge >= 0.3 is 0 Å². The number of aromatic nitrogens is 2. The first-order valence-electron chi connectivity index (χ1n) is 5.45. The number of nitrogen functional groups attached to an aromatic ring is 1. The average molecular weight is 205 g/mol. The van der Waals surface area contributed by atoms with Gasteiger partial charge in [0.25, 0.3) is 0 Å². The summed E-state index contributed by atoms with van der Waals surface area (Å²) in [7, 11) is 0. The molecule has 0 spiro atoms. The lowest BCUT2D eigenvalue weighted by Gasteiger charge is -2.02. The number of terminal acetylenes is 1. The van der Waals surface area contributed by atoms with Crippen LogP contribution in [0.1, 0.15) is 37.7 Å². The maximum absolute atomic E-state index is 5.98. The molecular formula is C12H19N3. The van der Waals surface area contributed by atoms with Crippen molar-refractivity contribution in [3.63, 3.8) is 0 Å². The standard InChI is InChI=1S/C12H19N3/c1-4-6-7-8-11-12(13)15(9-5-2)10(3)14-11/h2H,4,6-9,13H2,1,3H3. The Kier molecular flexibility index (Phi) is 4.23. The molecule has 0 atom stereocenters. The first-order valence-corrected chi connectivity index (χ1v) is 5.45. The third-order valence-corrected chi connectivity index (χ3v) is 2.54. The molecule has 0 aromatic carbocycles. The van der Waals surface area contributed by atoms with Crippen molar-refractivity contribution >= 4 is 5.82 Å². The summed E-state index contributed by atoms with van der Waals surface area (Å²) >= 11 is 0. The maximum Gasteiger partial charge on any atom is 0.127 e. The molecule has 0 saturated heterocycles. The predicted octanol–water partition coefficient (Wildman–Crippen LogP) is 2.14. The molecule has 0 saturated carbocycles. The van der Waals surface area contributed by atoms with Crippen LogP contribution in [-0.4, -0.2) is 9.55 Å². The summed E-state index contributed by atoms with van der Waals surface area (Å²) in [6.07, 6.45) is 9.81. The molecule has 0 amide bonds.